The molecule has 7 N–H and O–H groups in total. The molecule has 0 bridgehead atoms. The van der Waals surface area contributed by atoms with E-state index in [2.05, 4.69) is 10.6 Å². The molecule has 2 unspecified atom stereocenters. The van der Waals surface area contributed by atoms with Crippen molar-refractivity contribution in [1.29, 1.82) is 0 Å². The van der Waals surface area contributed by atoms with Crippen LogP contribution in [-0.4, -0.2) is 54.0 Å². The number of hydrogen-bond acceptors (Lipinski definition) is 6. The molecule has 0 fully saturated rings. The Balaban J connectivity index is 2.78. The number of carbonyl (C=O) groups is 3. The molecule has 8 nitrogen and oxygen atoms in total. The normalized spacial score (nSPS) is 15.2. The Kier molecular flexibility index (Phi) is 10.4. The van der Waals surface area contributed by atoms with E-state index in [1.807, 2.05) is 30.3 Å². The fourth-order valence-electron chi connectivity index (χ4n) is 2.91. The van der Waals surface area contributed by atoms with Crippen LogP contribution in [0.25, 0.3) is 0 Å². The summed E-state index contributed by atoms with van der Waals surface area (Å²) in [5.41, 5.74) is 12.2. The number of hydrogen-bond donors (Lipinski definition) is 5. The largest absolute Gasteiger partial charge is 0.391 e. The molecule has 0 saturated heterocycles. The summed E-state index contributed by atoms with van der Waals surface area (Å²) in [6, 6.07) is 7.47. The molecule has 0 aromatic heterocycles. The lowest BCUT2D eigenvalue weighted by Gasteiger charge is -2.25. The quantitative estimate of drug-likeness (QED) is 0.333. The molecule has 0 spiro atoms. The van der Waals surface area contributed by atoms with Gasteiger partial charge in [0.2, 0.25) is 11.8 Å². The third kappa shape index (κ3) is 7.38. The molecule has 0 aliphatic heterocycles. The van der Waals surface area contributed by atoms with Crippen LogP contribution in [0, 0.1) is 0 Å². The van der Waals surface area contributed by atoms with Gasteiger partial charge in [-0.1, -0.05) is 37.3 Å². The number of aliphatic hydroxyl groups excluding tert-OH is 1. The first kappa shape index (κ1) is 23.7. The van der Waals surface area contributed by atoms with Crippen molar-refractivity contribution in [3.63, 3.8) is 0 Å². The van der Waals surface area contributed by atoms with Crippen molar-refractivity contribution in [2.45, 2.75) is 57.2 Å². The maximum absolute atomic E-state index is 12.5. The molecule has 0 saturated carbocycles. The molecule has 1 aromatic carbocycles. The van der Waals surface area contributed by atoms with Gasteiger partial charge in [-0.2, -0.15) is 0 Å². The number of nitrogens with two attached hydrogens (primary N) is 2. The summed E-state index contributed by atoms with van der Waals surface area (Å²) < 4.78 is 0. The maximum Gasteiger partial charge on any atom is 0.245 e. The number of aliphatic hydroxyl groups is 1. The van der Waals surface area contributed by atoms with Crippen molar-refractivity contribution >= 4 is 17.6 Å². The molecule has 8 heteroatoms. The van der Waals surface area contributed by atoms with Gasteiger partial charge in [-0.3, -0.25) is 14.4 Å². The zero-order chi connectivity index (χ0) is 21.1. The van der Waals surface area contributed by atoms with Crippen LogP contribution in [0.3, 0.4) is 0 Å². The molecular weight excluding hydrogens is 360 g/mol. The highest BCUT2D eigenvalue weighted by Crippen LogP contribution is 2.18. The van der Waals surface area contributed by atoms with Crippen LogP contribution < -0.4 is 22.1 Å². The van der Waals surface area contributed by atoms with Gasteiger partial charge in [-0.05, 0) is 32.0 Å². The second-order valence-corrected chi connectivity index (χ2v) is 6.79. The predicted molar refractivity (Wildman–Crippen MR) is 107 cm³/mol. The molecule has 1 rings (SSSR count). The van der Waals surface area contributed by atoms with Gasteiger partial charge in [0, 0.05) is 18.8 Å². The summed E-state index contributed by atoms with van der Waals surface area (Å²) in [5.74, 6) is -1.38. The van der Waals surface area contributed by atoms with E-state index in [1.165, 1.54) is 6.92 Å². The van der Waals surface area contributed by atoms with E-state index in [4.69, 9.17) is 11.5 Å². The number of Topliss-reactive ketones (excluding diaryl/α,β-unsaturated/α-hetero) is 1. The molecule has 28 heavy (non-hydrogen) atoms. The number of carbonyl (C=O) groups excluding carboxylic acids is 3. The van der Waals surface area contributed by atoms with Gasteiger partial charge < -0.3 is 27.2 Å². The van der Waals surface area contributed by atoms with Gasteiger partial charge in [-0.25, -0.2) is 0 Å². The van der Waals surface area contributed by atoms with Crippen molar-refractivity contribution in [2.75, 3.05) is 13.1 Å². The highest BCUT2D eigenvalue weighted by molar-refractivity contribution is 5.93. The van der Waals surface area contributed by atoms with Gasteiger partial charge in [-0.15, -0.1) is 0 Å². The van der Waals surface area contributed by atoms with E-state index in [-0.39, 0.29) is 37.6 Å². The Morgan fingerprint density at radius 1 is 1.11 bits per heavy atom. The fourth-order valence-corrected chi connectivity index (χ4v) is 2.91. The SMILES string of the molecule is CCC(=O)[C@H](CCN)NC(=O)[C@@H](NC(=O)CC(CN)c1ccccc1)C(C)O. The molecular formula is C20H32N4O4. The first-order valence-electron chi connectivity index (χ1n) is 9.59. The number of benzene rings is 1. The third-order valence-electron chi connectivity index (χ3n) is 4.58. The summed E-state index contributed by atoms with van der Waals surface area (Å²) in [6.45, 7) is 3.61. The lowest BCUT2D eigenvalue weighted by molar-refractivity contribution is -0.134. The van der Waals surface area contributed by atoms with Crippen molar-refractivity contribution in [1.82, 2.24) is 10.6 Å². The minimum atomic E-state index is -1.17. The number of ketones is 1. The molecule has 156 valence electrons. The fraction of sp³-hybridized carbons (Fsp3) is 0.550. The van der Waals surface area contributed by atoms with Crippen molar-refractivity contribution in [3.05, 3.63) is 35.9 Å². The monoisotopic (exact) mass is 392 g/mol. The van der Waals surface area contributed by atoms with Gasteiger partial charge in [0.25, 0.3) is 0 Å². The minimum absolute atomic E-state index is 0.0805. The molecule has 4 atom stereocenters. The van der Waals surface area contributed by atoms with E-state index in [0.717, 1.165) is 5.56 Å². The molecule has 0 radical (unpaired) electrons. The molecule has 1 aromatic rings. The summed E-state index contributed by atoms with van der Waals surface area (Å²) >= 11 is 0. The summed E-state index contributed by atoms with van der Waals surface area (Å²) in [4.78, 5) is 37.0. The Labute approximate surface area is 166 Å². The number of amides is 2. The molecule has 0 aliphatic carbocycles. The van der Waals surface area contributed by atoms with Crippen LogP contribution in [0.5, 0.6) is 0 Å². The number of rotatable bonds is 12. The van der Waals surface area contributed by atoms with E-state index in [0.29, 0.717) is 6.42 Å². The second-order valence-electron chi connectivity index (χ2n) is 6.79. The molecule has 0 aliphatic rings. The summed E-state index contributed by atoms with van der Waals surface area (Å²) in [6.07, 6.45) is -0.502. The molecule has 2 amide bonds. The Morgan fingerprint density at radius 3 is 2.25 bits per heavy atom. The Morgan fingerprint density at radius 2 is 1.75 bits per heavy atom. The van der Waals surface area contributed by atoms with E-state index in [9.17, 15) is 19.5 Å². The minimum Gasteiger partial charge on any atom is -0.391 e. The van der Waals surface area contributed by atoms with Gasteiger partial charge in [0.05, 0.1) is 12.1 Å². The van der Waals surface area contributed by atoms with Gasteiger partial charge in [0.15, 0.2) is 5.78 Å². The van der Waals surface area contributed by atoms with Crippen molar-refractivity contribution in [2.24, 2.45) is 11.5 Å². The highest BCUT2D eigenvalue weighted by atomic mass is 16.3. The maximum atomic E-state index is 12.5. The van der Waals surface area contributed by atoms with Crippen molar-refractivity contribution < 1.29 is 19.5 Å². The lowest BCUT2D eigenvalue weighted by Crippen LogP contribution is -2.56. The van der Waals surface area contributed by atoms with Crippen molar-refractivity contribution in [3.8, 4) is 0 Å². The standard InChI is InChI=1S/C20H32N4O4/c1-3-17(26)16(9-10-21)23-20(28)19(13(2)25)24-18(27)11-15(12-22)14-7-5-4-6-8-14/h4-8,13,15-16,19,25H,3,9-12,21-22H2,1-2H3,(H,23,28)(H,24,27)/t13?,15?,16-,19-/m0/s1. The van der Waals surface area contributed by atoms with E-state index < -0.39 is 30.0 Å². The predicted octanol–water partition coefficient (Wildman–Crippen LogP) is -0.203. The van der Waals surface area contributed by atoms with Crippen LogP contribution in [0.1, 0.15) is 44.6 Å². The van der Waals surface area contributed by atoms with E-state index >= 15 is 0 Å². The van der Waals surface area contributed by atoms with Crippen LogP contribution in [0.4, 0.5) is 0 Å². The third-order valence-corrected chi connectivity index (χ3v) is 4.58. The first-order chi connectivity index (χ1) is 13.3. The van der Waals surface area contributed by atoms with Crippen LogP contribution in [0.15, 0.2) is 30.3 Å². The van der Waals surface area contributed by atoms with Gasteiger partial charge >= 0.3 is 0 Å². The number of nitrogens with one attached hydrogen (secondary N) is 2. The summed E-state index contributed by atoms with van der Waals surface area (Å²) in [7, 11) is 0. The zero-order valence-corrected chi connectivity index (χ0v) is 16.6. The topological polar surface area (TPSA) is 148 Å². The van der Waals surface area contributed by atoms with Crippen LogP contribution in [0.2, 0.25) is 0 Å². The second kappa shape index (κ2) is 12.2. The molecule has 0 heterocycles. The van der Waals surface area contributed by atoms with Gasteiger partial charge in [0.1, 0.15) is 6.04 Å². The average Bonchev–Trinajstić information content (AvgIpc) is 2.69. The zero-order valence-electron chi connectivity index (χ0n) is 16.6. The highest BCUT2D eigenvalue weighted by Gasteiger charge is 2.29. The van der Waals surface area contributed by atoms with Crippen LogP contribution >= 0.6 is 0 Å². The average molecular weight is 393 g/mol. The smallest absolute Gasteiger partial charge is 0.245 e. The lowest BCUT2D eigenvalue weighted by atomic mass is 9.95. The summed E-state index contributed by atoms with van der Waals surface area (Å²) in [5, 5.41) is 15.1. The van der Waals surface area contributed by atoms with Crippen LogP contribution in [-0.2, 0) is 14.4 Å². The first-order valence-corrected chi connectivity index (χ1v) is 9.59. The Hall–Kier alpha value is -2.29. The Bertz CT molecular complexity index is 636. The van der Waals surface area contributed by atoms with E-state index in [1.54, 1.807) is 6.92 Å².